The minimum atomic E-state index is -1.44. The quantitative estimate of drug-likeness (QED) is 0.647. The molecule has 1 saturated heterocycles. The number of β-amino-alcohol motifs (C(OH)–C–C–N with tert-alkyl or cyclic N) is 1. The highest BCUT2D eigenvalue weighted by Gasteiger charge is 2.52. The summed E-state index contributed by atoms with van der Waals surface area (Å²) in [6, 6.07) is -1.17. The van der Waals surface area contributed by atoms with E-state index in [0.29, 0.717) is 0 Å². The van der Waals surface area contributed by atoms with E-state index in [-0.39, 0.29) is 13.1 Å². The normalized spacial score (nSPS) is 19.8. The number of hydrogen-bond acceptors (Lipinski definition) is 6. The van der Waals surface area contributed by atoms with Gasteiger partial charge in [0, 0.05) is 0 Å². The lowest BCUT2D eigenvalue weighted by atomic mass is 9.87. The van der Waals surface area contributed by atoms with Gasteiger partial charge in [0.15, 0.2) is 0 Å². The van der Waals surface area contributed by atoms with Crippen molar-refractivity contribution < 1.29 is 24.2 Å². The molecule has 7 nitrogen and oxygen atoms in total. The van der Waals surface area contributed by atoms with Crippen LogP contribution in [0.4, 0.5) is 4.79 Å². The molecule has 1 aliphatic rings. The predicted molar refractivity (Wildman–Crippen MR) is 62.7 cm³/mol. The van der Waals surface area contributed by atoms with Gasteiger partial charge in [-0.25, -0.2) is 4.79 Å². The van der Waals surface area contributed by atoms with E-state index in [1.807, 2.05) is 0 Å². The molecule has 0 saturated carbocycles. The lowest BCUT2D eigenvalue weighted by Crippen LogP contribution is -2.72. The van der Waals surface area contributed by atoms with E-state index in [1.165, 1.54) is 12.0 Å². The molecule has 7 heteroatoms. The molecule has 1 atom stereocenters. The van der Waals surface area contributed by atoms with E-state index in [2.05, 4.69) is 4.74 Å². The molecule has 0 spiro atoms. The third-order valence-electron chi connectivity index (χ3n) is 2.62. The van der Waals surface area contributed by atoms with Crippen LogP contribution in [0.1, 0.15) is 20.8 Å². The van der Waals surface area contributed by atoms with Crippen molar-refractivity contribution in [3.8, 4) is 0 Å². The summed E-state index contributed by atoms with van der Waals surface area (Å²) in [5.74, 6) is -0.707. The number of rotatable bonds is 2. The molecule has 0 aromatic carbocycles. The van der Waals surface area contributed by atoms with Gasteiger partial charge in [0.05, 0.1) is 20.2 Å². The number of esters is 1. The summed E-state index contributed by atoms with van der Waals surface area (Å²) in [5, 5.41) is 10.0. The highest BCUT2D eigenvalue weighted by Crippen LogP contribution is 2.26. The molecule has 1 fully saturated rings. The fourth-order valence-corrected chi connectivity index (χ4v) is 1.61. The van der Waals surface area contributed by atoms with Gasteiger partial charge in [0.2, 0.25) is 0 Å². The first kappa shape index (κ1) is 14.7. The summed E-state index contributed by atoms with van der Waals surface area (Å²) < 4.78 is 9.57. The summed E-state index contributed by atoms with van der Waals surface area (Å²) in [6.07, 6.45) is -0.538. The first-order valence-electron chi connectivity index (χ1n) is 5.63. The number of nitrogens with zero attached hydrogens (tertiary/aromatic N) is 1. The number of likely N-dealkylation sites (tertiary alicyclic amines) is 1. The Balaban J connectivity index is 2.52. The maximum absolute atomic E-state index is 11.6. The Bertz CT molecular complexity index is 344. The van der Waals surface area contributed by atoms with E-state index in [1.54, 1.807) is 20.8 Å². The van der Waals surface area contributed by atoms with Gasteiger partial charge in [-0.05, 0) is 20.8 Å². The van der Waals surface area contributed by atoms with Crippen LogP contribution in [0.15, 0.2) is 0 Å². The van der Waals surface area contributed by atoms with Gasteiger partial charge >= 0.3 is 12.1 Å². The minimum absolute atomic E-state index is 0.0435. The van der Waals surface area contributed by atoms with Crippen molar-refractivity contribution in [2.24, 2.45) is 5.73 Å². The first-order chi connectivity index (χ1) is 8.09. The molecule has 1 heterocycles. The maximum Gasteiger partial charge on any atom is 0.410 e. The van der Waals surface area contributed by atoms with E-state index >= 15 is 0 Å². The van der Waals surface area contributed by atoms with Crippen LogP contribution >= 0.6 is 0 Å². The van der Waals surface area contributed by atoms with Gasteiger partial charge in [0.25, 0.3) is 0 Å². The van der Waals surface area contributed by atoms with Gasteiger partial charge in [-0.2, -0.15) is 0 Å². The van der Waals surface area contributed by atoms with Crippen LogP contribution in [0, 0.1) is 0 Å². The Morgan fingerprint density at radius 3 is 2.28 bits per heavy atom. The van der Waals surface area contributed by atoms with Crippen LogP contribution in [0.5, 0.6) is 0 Å². The first-order valence-corrected chi connectivity index (χ1v) is 5.63. The van der Waals surface area contributed by atoms with Crippen molar-refractivity contribution >= 4 is 12.1 Å². The molecule has 3 N–H and O–H groups in total. The molecule has 0 bridgehead atoms. The van der Waals surface area contributed by atoms with Gasteiger partial charge in [-0.15, -0.1) is 0 Å². The summed E-state index contributed by atoms with van der Waals surface area (Å²) in [6.45, 7) is 5.15. The van der Waals surface area contributed by atoms with Crippen molar-refractivity contribution in [3.63, 3.8) is 0 Å². The Kier molecular flexibility index (Phi) is 3.87. The monoisotopic (exact) mass is 260 g/mol. The van der Waals surface area contributed by atoms with E-state index in [4.69, 9.17) is 10.5 Å². The summed E-state index contributed by atoms with van der Waals surface area (Å²) in [5.41, 5.74) is 3.51. The average molecular weight is 260 g/mol. The largest absolute Gasteiger partial charge is 0.468 e. The molecule has 0 aromatic heterocycles. The smallest absolute Gasteiger partial charge is 0.410 e. The molecular formula is C11H20N2O5. The highest BCUT2D eigenvalue weighted by atomic mass is 16.6. The standard InChI is InChI=1S/C11H20N2O5/c1-10(2,3)18-9(15)13-5-11(16,6-13)7(12)8(14)17-4/h7,16H,5-6,12H2,1-4H3. The van der Waals surface area contributed by atoms with E-state index in [9.17, 15) is 14.7 Å². The van der Waals surface area contributed by atoms with Crippen LogP contribution in [-0.2, 0) is 14.3 Å². The van der Waals surface area contributed by atoms with Crippen molar-refractivity contribution in [2.75, 3.05) is 20.2 Å². The molecule has 104 valence electrons. The Hall–Kier alpha value is -1.34. The van der Waals surface area contributed by atoms with Crippen molar-refractivity contribution in [3.05, 3.63) is 0 Å². The number of carbonyl (C=O) groups excluding carboxylic acids is 2. The van der Waals surface area contributed by atoms with Gasteiger partial charge < -0.3 is 25.2 Å². The average Bonchev–Trinajstić information content (AvgIpc) is 2.19. The number of hydrogen-bond donors (Lipinski definition) is 2. The second kappa shape index (κ2) is 4.74. The molecule has 0 aromatic rings. The van der Waals surface area contributed by atoms with Crippen molar-refractivity contribution in [1.29, 1.82) is 0 Å². The Labute approximate surface area is 106 Å². The van der Waals surface area contributed by atoms with E-state index < -0.39 is 29.3 Å². The second-order valence-corrected chi connectivity index (χ2v) is 5.44. The van der Waals surface area contributed by atoms with Crippen LogP contribution in [0.25, 0.3) is 0 Å². The molecule has 1 aliphatic heterocycles. The minimum Gasteiger partial charge on any atom is -0.468 e. The summed E-state index contributed by atoms with van der Waals surface area (Å²) >= 11 is 0. The number of amides is 1. The SMILES string of the molecule is COC(=O)C(N)C1(O)CN(C(=O)OC(C)(C)C)C1. The Morgan fingerprint density at radius 1 is 1.39 bits per heavy atom. The lowest BCUT2D eigenvalue weighted by molar-refractivity contribution is -0.160. The predicted octanol–water partition coefficient (Wildman–Crippen LogP) is -0.532. The van der Waals surface area contributed by atoms with E-state index in [0.717, 1.165) is 0 Å². The zero-order chi connectivity index (χ0) is 14.1. The van der Waals surface area contributed by atoms with Gasteiger partial charge in [-0.1, -0.05) is 0 Å². The molecule has 1 amide bonds. The van der Waals surface area contributed by atoms with Gasteiger partial charge in [-0.3, -0.25) is 4.79 Å². The molecule has 0 radical (unpaired) electrons. The molecule has 0 aliphatic carbocycles. The number of nitrogens with two attached hydrogens (primary N) is 1. The van der Waals surface area contributed by atoms with Crippen molar-refractivity contribution in [1.82, 2.24) is 4.90 Å². The van der Waals surface area contributed by atoms with Crippen molar-refractivity contribution in [2.45, 2.75) is 38.0 Å². The fraction of sp³-hybridized carbons (Fsp3) is 0.818. The third-order valence-corrected chi connectivity index (χ3v) is 2.62. The highest BCUT2D eigenvalue weighted by molar-refractivity contribution is 5.78. The zero-order valence-electron chi connectivity index (χ0n) is 11.1. The molecule has 1 unspecified atom stereocenters. The number of carbonyl (C=O) groups is 2. The second-order valence-electron chi connectivity index (χ2n) is 5.44. The maximum atomic E-state index is 11.6. The summed E-state index contributed by atoms with van der Waals surface area (Å²) in [7, 11) is 1.19. The molecule has 1 rings (SSSR count). The van der Waals surface area contributed by atoms with Crippen LogP contribution in [0.3, 0.4) is 0 Å². The lowest BCUT2D eigenvalue weighted by Gasteiger charge is -2.48. The van der Waals surface area contributed by atoms with Crippen LogP contribution in [0.2, 0.25) is 0 Å². The number of aliphatic hydroxyl groups is 1. The number of methoxy groups -OCH3 is 1. The zero-order valence-corrected chi connectivity index (χ0v) is 11.1. The van der Waals surface area contributed by atoms with Gasteiger partial charge in [0.1, 0.15) is 17.2 Å². The summed E-state index contributed by atoms with van der Waals surface area (Å²) in [4.78, 5) is 24.1. The third kappa shape index (κ3) is 3.11. The topological polar surface area (TPSA) is 102 Å². The molecular weight excluding hydrogens is 240 g/mol. The fourth-order valence-electron chi connectivity index (χ4n) is 1.61. The van der Waals surface area contributed by atoms with Crippen LogP contribution < -0.4 is 5.73 Å². The number of ether oxygens (including phenoxy) is 2. The Morgan fingerprint density at radius 2 is 1.89 bits per heavy atom. The van der Waals surface area contributed by atoms with Crippen LogP contribution in [-0.4, -0.2) is 59.5 Å². The molecule has 18 heavy (non-hydrogen) atoms.